The zero-order chi connectivity index (χ0) is 13.7. The lowest BCUT2D eigenvalue weighted by Crippen LogP contribution is -2.05. The molecule has 1 heterocycles. The van der Waals surface area contributed by atoms with Crippen molar-refractivity contribution in [3.05, 3.63) is 47.7 Å². The molecule has 100 valence electrons. The summed E-state index contributed by atoms with van der Waals surface area (Å²) in [6.07, 6.45) is 2.44. The van der Waals surface area contributed by atoms with E-state index in [1.54, 1.807) is 13.3 Å². The van der Waals surface area contributed by atoms with Crippen molar-refractivity contribution < 1.29 is 9.47 Å². The summed E-state index contributed by atoms with van der Waals surface area (Å²) in [5, 5.41) is 0. The Morgan fingerprint density at radius 2 is 2.05 bits per heavy atom. The highest BCUT2D eigenvalue weighted by atomic mass is 16.5. The first-order valence-corrected chi connectivity index (χ1v) is 6.21. The van der Waals surface area contributed by atoms with Crippen LogP contribution in [0.15, 0.2) is 36.5 Å². The van der Waals surface area contributed by atoms with Crippen molar-refractivity contribution in [1.82, 2.24) is 4.98 Å². The number of methoxy groups -OCH3 is 1. The van der Waals surface area contributed by atoms with Gasteiger partial charge in [-0.05, 0) is 43.7 Å². The molecule has 4 nitrogen and oxygen atoms in total. The minimum Gasteiger partial charge on any atom is -0.493 e. The van der Waals surface area contributed by atoms with E-state index in [9.17, 15) is 0 Å². The van der Waals surface area contributed by atoms with Crippen LogP contribution in [-0.4, -0.2) is 18.6 Å². The summed E-state index contributed by atoms with van der Waals surface area (Å²) in [4.78, 5) is 4.26. The largest absolute Gasteiger partial charge is 0.493 e. The van der Waals surface area contributed by atoms with Crippen LogP contribution in [-0.2, 0) is 6.42 Å². The number of hydrogen-bond donors (Lipinski definition) is 1. The molecule has 0 amide bonds. The number of aryl methyl sites for hydroxylation is 1. The molecule has 0 aliphatic carbocycles. The Labute approximate surface area is 113 Å². The fraction of sp³-hybridized carbons (Fsp3) is 0.267. The number of nitrogens with zero attached hydrogens (tertiary/aromatic N) is 1. The third-order valence-electron chi connectivity index (χ3n) is 2.79. The maximum atomic E-state index is 5.85. The van der Waals surface area contributed by atoms with Crippen LogP contribution in [0.1, 0.15) is 11.1 Å². The van der Waals surface area contributed by atoms with E-state index in [0.29, 0.717) is 23.9 Å². The number of benzene rings is 1. The normalized spacial score (nSPS) is 10.3. The Morgan fingerprint density at radius 1 is 1.21 bits per heavy atom. The molecule has 1 aromatic carbocycles. The van der Waals surface area contributed by atoms with E-state index >= 15 is 0 Å². The standard InChI is InChI=1S/C15H18N2O2/c1-11-5-6-13(14(10-11)18-2)19-15-12(7-8-16)4-3-9-17-15/h3-6,9-10H,7-8,16H2,1-2H3. The van der Waals surface area contributed by atoms with Gasteiger partial charge in [-0.1, -0.05) is 12.1 Å². The number of pyridine rings is 1. The van der Waals surface area contributed by atoms with Crippen molar-refractivity contribution in [3.63, 3.8) is 0 Å². The highest BCUT2D eigenvalue weighted by molar-refractivity contribution is 5.45. The number of aromatic nitrogens is 1. The summed E-state index contributed by atoms with van der Waals surface area (Å²) in [5.74, 6) is 1.93. The summed E-state index contributed by atoms with van der Waals surface area (Å²) >= 11 is 0. The average molecular weight is 258 g/mol. The quantitative estimate of drug-likeness (QED) is 0.895. The smallest absolute Gasteiger partial charge is 0.222 e. The first kappa shape index (κ1) is 13.4. The van der Waals surface area contributed by atoms with Crippen LogP contribution in [0.3, 0.4) is 0 Å². The van der Waals surface area contributed by atoms with Gasteiger partial charge in [0.15, 0.2) is 11.5 Å². The number of ether oxygens (including phenoxy) is 2. The summed E-state index contributed by atoms with van der Waals surface area (Å²) in [6.45, 7) is 2.57. The molecule has 0 saturated heterocycles. The van der Waals surface area contributed by atoms with Gasteiger partial charge in [0.2, 0.25) is 5.88 Å². The molecule has 0 radical (unpaired) electrons. The Kier molecular flexibility index (Phi) is 4.36. The van der Waals surface area contributed by atoms with Crippen molar-refractivity contribution in [3.8, 4) is 17.4 Å². The fourth-order valence-electron chi connectivity index (χ4n) is 1.83. The summed E-state index contributed by atoms with van der Waals surface area (Å²) in [7, 11) is 1.63. The van der Waals surface area contributed by atoms with E-state index in [1.807, 2.05) is 37.3 Å². The molecule has 1 aromatic heterocycles. The second-order valence-electron chi connectivity index (χ2n) is 4.26. The topological polar surface area (TPSA) is 57.4 Å². The van der Waals surface area contributed by atoms with Gasteiger partial charge in [0.05, 0.1) is 7.11 Å². The molecule has 0 unspecified atom stereocenters. The van der Waals surface area contributed by atoms with Crippen LogP contribution in [0.4, 0.5) is 0 Å². The van der Waals surface area contributed by atoms with Crippen LogP contribution in [0.5, 0.6) is 17.4 Å². The lowest BCUT2D eigenvalue weighted by atomic mass is 10.2. The van der Waals surface area contributed by atoms with E-state index in [1.165, 1.54) is 0 Å². The van der Waals surface area contributed by atoms with E-state index in [2.05, 4.69) is 4.98 Å². The van der Waals surface area contributed by atoms with Gasteiger partial charge in [-0.15, -0.1) is 0 Å². The molecule has 0 saturated carbocycles. The van der Waals surface area contributed by atoms with Crippen LogP contribution >= 0.6 is 0 Å². The first-order valence-electron chi connectivity index (χ1n) is 6.21. The SMILES string of the molecule is COc1cc(C)ccc1Oc1ncccc1CCN. The van der Waals surface area contributed by atoms with E-state index in [-0.39, 0.29) is 0 Å². The van der Waals surface area contributed by atoms with Crippen molar-refractivity contribution >= 4 is 0 Å². The van der Waals surface area contributed by atoms with E-state index in [4.69, 9.17) is 15.2 Å². The average Bonchev–Trinajstić information content (AvgIpc) is 2.43. The molecule has 2 rings (SSSR count). The van der Waals surface area contributed by atoms with Gasteiger partial charge in [-0.25, -0.2) is 4.98 Å². The Morgan fingerprint density at radius 3 is 2.79 bits per heavy atom. The first-order chi connectivity index (χ1) is 9.24. The summed E-state index contributed by atoms with van der Waals surface area (Å²) in [5.41, 5.74) is 7.70. The van der Waals surface area contributed by atoms with Gasteiger partial charge in [-0.3, -0.25) is 0 Å². The van der Waals surface area contributed by atoms with Crippen molar-refractivity contribution in [2.24, 2.45) is 5.73 Å². The Bertz CT molecular complexity index is 556. The van der Waals surface area contributed by atoms with Crippen molar-refractivity contribution in [2.45, 2.75) is 13.3 Å². The molecule has 0 aliphatic rings. The number of rotatable bonds is 5. The predicted molar refractivity (Wildman–Crippen MR) is 74.8 cm³/mol. The molecule has 0 atom stereocenters. The van der Waals surface area contributed by atoms with Crippen LogP contribution in [0.2, 0.25) is 0 Å². The zero-order valence-corrected chi connectivity index (χ0v) is 11.2. The summed E-state index contributed by atoms with van der Waals surface area (Å²) in [6, 6.07) is 9.64. The van der Waals surface area contributed by atoms with Gasteiger partial charge >= 0.3 is 0 Å². The Balaban J connectivity index is 2.30. The molecule has 0 bridgehead atoms. The molecule has 0 fully saturated rings. The van der Waals surface area contributed by atoms with Gasteiger partial charge < -0.3 is 15.2 Å². The molecular formula is C15H18N2O2. The minimum absolute atomic E-state index is 0.563. The maximum absolute atomic E-state index is 5.85. The molecule has 0 aliphatic heterocycles. The molecule has 2 aromatic rings. The third kappa shape index (κ3) is 3.23. The summed E-state index contributed by atoms with van der Waals surface area (Å²) < 4.78 is 11.2. The Hall–Kier alpha value is -2.07. The lowest BCUT2D eigenvalue weighted by Gasteiger charge is -2.12. The second kappa shape index (κ2) is 6.20. The predicted octanol–water partition coefficient (Wildman–Crippen LogP) is 2.69. The van der Waals surface area contributed by atoms with Crippen LogP contribution < -0.4 is 15.2 Å². The maximum Gasteiger partial charge on any atom is 0.222 e. The van der Waals surface area contributed by atoms with Gasteiger partial charge in [0.25, 0.3) is 0 Å². The molecule has 2 N–H and O–H groups in total. The van der Waals surface area contributed by atoms with E-state index in [0.717, 1.165) is 17.5 Å². The molecule has 0 spiro atoms. The lowest BCUT2D eigenvalue weighted by molar-refractivity contribution is 0.372. The second-order valence-corrected chi connectivity index (χ2v) is 4.26. The molecule has 4 heteroatoms. The minimum atomic E-state index is 0.563. The van der Waals surface area contributed by atoms with E-state index < -0.39 is 0 Å². The van der Waals surface area contributed by atoms with Gasteiger partial charge in [-0.2, -0.15) is 0 Å². The van der Waals surface area contributed by atoms with Crippen molar-refractivity contribution in [2.75, 3.05) is 13.7 Å². The highest BCUT2D eigenvalue weighted by Crippen LogP contribution is 2.32. The number of nitrogens with two attached hydrogens (primary N) is 1. The third-order valence-corrected chi connectivity index (χ3v) is 2.79. The fourth-order valence-corrected chi connectivity index (χ4v) is 1.83. The number of hydrogen-bond acceptors (Lipinski definition) is 4. The zero-order valence-electron chi connectivity index (χ0n) is 11.2. The van der Waals surface area contributed by atoms with Crippen LogP contribution in [0.25, 0.3) is 0 Å². The van der Waals surface area contributed by atoms with Gasteiger partial charge in [0.1, 0.15) is 0 Å². The molecular weight excluding hydrogens is 240 g/mol. The molecule has 19 heavy (non-hydrogen) atoms. The highest BCUT2D eigenvalue weighted by Gasteiger charge is 2.09. The monoisotopic (exact) mass is 258 g/mol. The van der Waals surface area contributed by atoms with Crippen molar-refractivity contribution in [1.29, 1.82) is 0 Å². The van der Waals surface area contributed by atoms with Crippen LogP contribution in [0, 0.1) is 6.92 Å². The van der Waals surface area contributed by atoms with Gasteiger partial charge in [0, 0.05) is 11.8 Å².